The van der Waals surface area contributed by atoms with Crippen molar-refractivity contribution >= 4 is 24.0 Å². The molecule has 1 amide bonds. The molecule has 0 saturated heterocycles. The Hall–Kier alpha value is -1.91. The Morgan fingerprint density at radius 2 is 1.96 bits per heavy atom. The summed E-state index contributed by atoms with van der Waals surface area (Å²) in [6.45, 7) is 5.39. The fourth-order valence-electron chi connectivity index (χ4n) is 2.71. The number of nitrogens with one attached hydrogen (secondary N) is 2. The van der Waals surface area contributed by atoms with Crippen molar-refractivity contribution in [2.75, 3.05) is 11.9 Å². The standard InChI is InChI=1S/C18H19FN2O.ClH/c1-11-3-4-13(9-12(11)2)18(22)21-16-6-5-14-10-20-8-7-15(14)17(16)19;/h3-6,9,20H,7-8,10H2,1-2H3,(H,21,22);1H. The van der Waals surface area contributed by atoms with Gasteiger partial charge < -0.3 is 10.6 Å². The number of carbonyl (C=O) groups is 1. The first kappa shape index (κ1) is 17.4. The summed E-state index contributed by atoms with van der Waals surface area (Å²) >= 11 is 0. The molecule has 0 aliphatic carbocycles. The van der Waals surface area contributed by atoms with E-state index in [0.717, 1.165) is 23.2 Å². The monoisotopic (exact) mass is 334 g/mol. The van der Waals surface area contributed by atoms with Crippen molar-refractivity contribution in [1.29, 1.82) is 0 Å². The summed E-state index contributed by atoms with van der Waals surface area (Å²) < 4.78 is 14.5. The molecule has 1 aliphatic heterocycles. The maximum absolute atomic E-state index is 14.5. The molecule has 2 aromatic rings. The quantitative estimate of drug-likeness (QED) is 0.878. The normalized spacial score (nSPS) is 13.0. The number of carbonyl (C=O) groups excluding carboxylic acids is 1. The number of halogens is 2. The molecule has 3 rings (SSSR count). The van der Waals surface area contributed by atoms with Crippen molar-refractivity contribution in [3.8, 4) is 0 Å². The van der Waals surface area contributed by atoms with E-state index in [-0.39, 0.29) is 29.8 Å². The minimum atomic E-state index is -0.309. The average molecular weight is 335 g/mol. The summed E-state index contributed by atoms with van der Waals surface area (Å²) in [5.74, 6) is -0.591. The van der Waals surface area contributed by atoms with Crippen LogP contribution in [0.2, 0.25) is 0 Å². The molecule has 0 aromatic heterocycles. The topological polar surface area (TPSA) is 41.1 Å². The Labute approximate surface area is 141 Å². The molecular formula is C18H20ClFN2O. The summed E-state index contributed by atoms with van der Waals surface area (Å²) in [6, 6.07) is 9.00. The molecule has 0 saturated carbocycles. The molecule has 0 spiro atoms. The van der Waals surface area contributed by atoms with E-state index in [1.807, 2.05) is 32.0 Å². The van der Waals surface area contributed by atoms with E-state index in [4.69, 9.17) is 0 Å². The summed E-state index contributed by atoms with van der Waals surface area (Å²) in [4.78, 5) is 12.3. The van der Waals surface area contributed by atoms with Gasteiger partial charge in [-0.05, 0) is 67.3 Å². The second-order valence-electron chi connectivity index (χ2n) is 5.74. The molecule has 1 aliphatic rings. The SMILES string of the molecule is Cc1ccc(C(=O)Nc2ccc3c(c2F)CCNC3)cc1C.Cl. The third-order valence-corrected chi connectivity index (χ3v) is 4.22. The second-order valence-corrected chi connectivity index (χ2v) is 5.74. The summed E-state index contributed by atoms with van der Waals surface area (Å²) in [5, 5.41) is 5.90. The largest absolute Gasteiger partial charge is 0.319 e. The minimum Gasteiger partial charge on any atom is -0.319 e. The number of hydrogen-bond acceptors (Lipinski definition) is 2. The van der Waals surface area contributed by atoms with E-state index in [1.165, 1.54) is 0 Å². The van der Waals surface area contributed by atoms with Crippen LogP contribution in [0, 0.1) is 19.7 Å². The van der Waals surface area contributed by atoms with Gasteiger partial charge in [0, 0.05) is 12.1 Å². The van der Waals surface area contributed by atoms with Crippen molar-refractivity contribution < 1.29 is 9.18 Å². The van der Waals surface area contributed by atoms with Gasteiger partial charge in [0.25, 0.3) is 5.91 Å². The van der Waals surface area contributed by atoms with Crippen molar-refractivity contribution in [1.82, 2.24) is 5.32 Å². The lowest BCUT2D eigenvalue weighted by atomic mass is 9.99. The van der Waals surface area contributed by atoms with Crippen molar-refractivity contribution in [2.45, 2.75) is 26.8 Å². The predicted octanol–water partition coefficient (Wildman–Crippen LogP) is 3.76. The highest BCUT2D eigenvalue weighted by molar-refractivity contribution is 6.04. The maximum Gasteiger partial charge on any atom is 0.255 e. The van der Waals surface area contributed by atoms with Crippen LogP contribution in [-0.4, -0.2) is 12.5 Å². The van der Waals surface area contributed by atoms with Gasteiger partial charge in [0.2, 0.25) is 0 Å². The molecule has 0 bridgehead atoms. The molecule has 0 radical (unpaired) electrons. The Kier molecular flexibility index (Phi) is 5.39. The van der Waals surface area contributed by atoms with Crippen molar-refractivity contribution in [3.05, 3.63) is 64.0 Å². The molecular weight excluding hydrogens is 315 g/mol. The zero-order valence-corrected chi connectivity index (χ0v) is 14.0. The molecule has 2 N–H and O–H groups in total. The number of anilines is 1. The van der Waals surface area contributed by atoms with Crippen LogP contribution < -0.4 is 10.6 Å². The van der Waals surface area contributed by atoms with Gasteiger partial charge in [-0.2, -0.15) is 0 Å². The Bertz CT molecular complexity index is 746. The molecule has 1 heterocycles. The number of benzene rings is 2. The fourth-order valence-corrected chi connectivity index (χ4v) is 2.71. The van der Waals surface area contributed by atoms with Crippen LogP contribution in [0.15, 0.2) is 30.3 Å². The van der Waals surface area contributed by atoms with E-state index in [1.54, 1.807) is 12.1 Å². The van der Waals surface area contributed by atoms with E-state index < -0.39 is 0 Å². The molecule has 3 nitrogen and oxygen atoms in total. The van der Waals surface area contributed by atoms with Gasteiger partial charge in [-0.1, -0.05) is 12.1 Å². The highest BCUT2D eigenvalue weighted by atomic mass is 35.5. The van der Waals surface area contributed by atoms with Crippen LogP contribution in [0.5, 0.6) is 0 Å². The zero-order chi connectivity index (χ0) is 15.7. The third-order valence-electron chi connectivity index (χ3n) is 4.22. The molecule has 23 heavy (non-hydrogen) atoms. The highest BCUT2D eigenvalue weighted by Gasteiger charge is 2.18. The van der Waals surface area contributed by atoms with Gasteiger partial charge in [-0.25, -0.2) is 4.39 Å². The zero-order valence-electron chi connectivity index (χ0n) is 13.2. The van der Waals surface area contributed by atoms with E-state index >= 15 is 0 Å². The number of amides is 1. The maximum atomic E-state index is 14.5. The second kappa shape index (κ2) is 7.11. The van der Waals surface area contributed by atoms with Crippen molar-refractivity contribution in [2.24, 2.45) is 0 Å². The fraction of sp³-hybridized carbons (Fsp3) is 0.278. The Balaban J connectivity index is 0.00000192. The molecule has 2 aromatic carbocycles. The van der Waals surface area contributed by atoms with Crippen LogP contribution in [0.4, 0.5) is 10.1 Å². The number of fused-ring (bicyclic) bond motifs is 1. The summed E-state index contributed by atoms with van der Waals surface area (Å²) in [7, 11) is 0. The minimum absolute atomic E-state index is 0. The molecule has 0 atom stereocenters. The molecule has 0 unspecified atom stereocenters. The predicted molar refractivity (Wildman–Crippen MR) is 92.9 cm³/mol. The number of aryl methyl sites for hydroxylation is 2. The van der Waals surface area contributed by atoms with Crippen LogP contribution in [0.3, 0.4) is 0 Å². The smallest absolute Gasteiger partial charge is 0.255 e. The first-order valence-corrected chi connectivity index (χ1v) is 7.46. The van der Waals surface area contributed by atoms with Crippen molar-refractivity contribution in [3.63, 3.8) is 0 Å². The van der Waals surface area contributed by atoms with Gasteiger partial charge in [0.15, 0.2) is 0 Å². The molecule has 122 valence electrons. The van der Waals surface area contributed by atoms with Crippen LogP contribution in [0.25, 0.3) is 0 Å². The Morgan fingerprint density at radius 3 is 2.70 bits per heavy atom. The molecule has 0 fully saturated rings. The first-order valence-electron chi connectivity index (χ1n) is 7.46. The summed E-state index contributed by atoms with van der Waals surface area (Å²) in [6.07, 6.45) is 0.647. The van der Waals surface area contributed by atoms with Crippen LogP contribution >= 0.6 is 12.4 Å². The Morgan fingerprint density at radius 1 is 1.17 bits per heavy atom. The van der Waals surface area contributed by atoms with E-state index in [2.05, 4.69) is 10.6 Å². The van der Waals surface area contributed by atoms with E-state index in [0.29, 0.717) is 24.1 Å². The van der Waals surface area contributed by atoms with Crippen LogP contribution in [0.1, 0.15) is 32.6 Å². The van der Waals surface area contributed by atoms with Crippen LogP contribution in [-0.2, 0) is 13.0 Å². The number of hydrogen-bond donors (Lipinski definition) is 2. The highest BCUT2D eigenvalue weighted by Crippen LogP contribution is 2.25. The summed E-state index contributed by atoms with van der Waals surface area (Å²) in [5.41, 5.74) is 4.64. The van der Waals surface area contributed by atoms with Gasteiger partial charge >= 0.3 is 0 Å². The van der Waals surface area contributed by atoms with E-state index in [9.17, 15) is 9.18 Å². The van der Waals surface area contributed by atoms with Gasteiger partial charge in [0.05, 0.1) is 5.69 Å². The first-order chi connectivity index (χ1) is 10.6. The van der Waals surface area contributed by atoms with Gasteiger partial charge in [-0.15, -0.1) is 12.4 Å². The number of rotatable bonds is 2. The lowest BCUT2D eigenvalue weighted by Crippen LogP contribution is -2.25. The average Bonchev–Trinajstić information content (AvgIpc) is 2.53. The lowest BCUT2D eigenvalue weighted by molar-refractivity contribution is 0.102. The van der Waals surface area contributed by atoms with Gasteiger partial charge in [0.1, 0.15) is 5.82 Å². The molecule has 5 heteroatoms. The van der Waals surface area contributed by atoms with Gasteiger partial charge in [-0.3, -0.25) is 4.79 Å². The third kappa shape index (κ3) is 3.54. The lowest BCUT2D eigenvalue weighted by Gasteiger charge is -2.19.